The smallest absolute Gasteiger partial charge is 0.253 e. The Hall–Kier alpha value is -1.15. The van der Waals surface area contributed by atoms with E-state index in [2.05, 4.69) is 19.2 Å². The van der Waals surface area contributed by atoms with Crippen LogP contribution in [0.5, 0.6) is 0 Å². The van der Waals surface area contributed by atoms with Crippen LogP contribution >= 0.6 is 12.4 Å². The molecule has 28 heavy (non-hydrogen) atoms. The summed E-state index contributed by atoms with van der Waals surface area (Å²) in [6, 6.07) is 6.45. The predicted molar refractivity (Wildman–Crippen MR) is 113 cm³/mol. The first-order chi connectivity index (χ1) is 12.8. The SMILES string of the molecule is CNCC1CCN(C(=O)c2ccc(S(=O)(=O)N3CC(C)CC(C)C3)cc2)C1.Cl. The van der Waals surface area contributed by atoms with Crippen molar-refractivity contribution in [2.45, 2.75) is 31.6 Å². The van der Waals surface area contributed by atoms with Gasteiger partial charge in [-0.1, -0.05) is 13.8 Å². The number of rotatable bonds is 5. The van der Waals surface area contributed by atoms with E-state index in [0.717, 1.165) is 32.5 Å². The lowest BCUT2D eigenvalue weighted by molar-refractivity contribution is 0.0787. The molecule has 6 nitrogen and oxygen atoms in total. The monoisotopic (exact) mass is 429 g/mol. The van der Waals surface area contributed by atoms with Gasteiger partial charge in [-0.3, -0.25) is 4.79 Å². The number of halogens is 1. The minimum atomic E-state index is -3.51. The number of amides is 1. The summed E-state index contributed by atoms with van der Waals surface area (Å²) in [7, 11) is -1.58. The summed E-state index contributed by atoms with van der Waals surface area (Å²) in [4.78, 5) is 14.8. The van der Waals surface area contributed by atoms with Crippen molar-refractivity contribution in [3.63, 3.8) is 0 Å². The molecule has 1 amide bonds. The van der Waals surface area contributed by atoms with E-state index in [4.69, 9.17) is 0 Å². The molecular formula is C20H32ClN3O3S. The van der Waals surface area contributed by atoms with Gasteiger partial charge in [-0.15, -0.1) is 12.4 Å². The first kappa shape index (κ1) is 23.1. The summed E-state index contributed by atoms with van der Waals surface area (Å²) in [5.41, 5.74) is 0.555. The number of nitrogens with one attached hydrogen (secondary N) is 1. The van der Waals surface area contributed by atoms with E-state index in [-0.39, 0.29) is 23.2 Å². The Morgan fingerprint density at radius 2 is 1.71 bits per heavy atom. The van der Waals surface area contributed by atoms with Crippen LogP contribution in [0.4, 0.5) is 0 Å². The third kappa shape index (κ3) is 5.06. The molecule has 1 aromatic rings. The first-order valence-corrected chi connectivity index (χ1v) is 11.3. The van der Waals surface area contributed by atoms with Crippen LogP contribution in [0.2, 0.25) is 0 Å². The molecule has 2 aliphatic heterocycles. The van der Waals surface area contributed by atoms with Gasteiger partial charge < -0.3 is 10.2 Å². The van der Waals surface area contributed by atoms with Crippen LogP contribution in [0, 0.1) is 17.8 Å². The fourth-order valence-corrected chi connectivity index (χ4v) is 6.06. The third-order valence-electron chi connectivity index (χ3n) is 5.64. The minimum absolute atomic E-state index is 0. The number of carbonyl (C=O) groups excluding carboxylic acids is 1. The molecule has 0 aliphatic carbocycles. The lowest BCUT2D eigenvalue weighted by Crippen LogP contribution is -2.42. The van der Waals surface area contributed by atoms with Crippen molar-refractivity contribution in [1.29, 1.82) is 0 Å². The van der Waals surface area contributed by atoms with Gasteiger partial charge in [0.25, 0.3) is 5.91 Å². The average Bonchev–Trinajstić information content (AvgIpc) is 3.09. The quantitative estimate of drug-likeness (QED) is 0.780. The van der Waals surface area contributed by atoms with E-state index < -0.39 is 10.0 Å². The lowest BCUT2D eigenvalue weighted by atomic mass is 9.94. The van der Waals surface area contributed by atoms with Crippen LogP contribution in [-0.4, -0.2) is 63.3 Å². The molecule has 1 aromatic carbocycles. The van der Waals surface area contributed by atoms with E-state index in [1.165, 1.54) is 0 Å². The first-order valence-electron chi connectivity index (χ1n) is 9.85. The van der Waals surface area contributed by atoms with Crippen LogP contribution in [0.1, 0.15) is 37.0 Å². The molecule has 8 heteroatoms. The zero-order valence-electron chi connectivity index (χ0n) is 16.9. The molecule has 2 heterocycles. The number of sulfonamides is 1. The van der Waals surface area contributed by atoms with Gasteiger partial charge in [-0.25, -0.2) is 8.42 Å². The summed E-state index contributed by atoms with van der Waals surface area (Å²) in [5, 5.41) is 3.16. The number of likely N-dealkylation sites (tertiary alicyclic amines) is 1. The Morgan fingerprint density at radius 1 is 1.11 bits per heavy atom. The fourth-order valence-electron chi connectivity index (χ4n) is 4.38. The minimum Gasteiger partial charge on any atom is -0.338 e. The summed E-state index contributed by atoms with van der Waals surface area (Å²) >= 11 is 0. The molecule has 0 radical (unpaired) electrons. The molecule has 2 fully saturated rings. The van der Waals surface area contributed by atoms with Crippen LogP contribution in [0.25, 0.3) is 0 Å². The van der Waals surface area contributed by atoms with Crippen molar-refractivity contribution in [3.8, 4) is 0 Å². The Morgan fingerprint density at radius 3 is 2.29 bits per heavy atom. The van der Waals surface area contributed by atoms with Gasteiger partial charge >= 0.3 is 0 Å². The maximum absolute atomic E-state index is 13.0. The molecule has 0 bridgehead atoms. The van der Waals surface area contributed by atoms with Crippen molar-refractivity contribution in [2.24, 2.45) is 17.8 Å². The van der Waals surface area contributed by atoms with E-state index in [0.29, 0.717) is 36.4 Å². The average molecular weight is 430 g/mol. The fraction of sp³-hybridized carbons (Fsp3) is 0.650. The highest BCUT2D eigenvalue weighted by Gasteiger charge is 2.32. The van der Waals surface area contributed by atoms with Gasteiger partial charge in [-0.2, -0.15) is 4.31 Å². The van der Waals surface area contributed by atoms with Crippen molar-refractivity contribution in [3.05, 3.63) is 29.8 Å². The van der Waals surface area contributed by atoms with Gasteiger partial charge in [0.05, 0.1) is 4.90 Å². The highest BCUT2D eigenvalue weighted by Crippen LogP contribution is 2.27. The predicted octanol–water partition coefficient (Wildman–Crippen LogP) is 2.46. The molecule has 158 valence electrons. The van der Waals surface area contributed by atoms with Crippen molar-refractivity contribution >= 4 is 28.3 Å². The Bertz CT molecular complexity index is 759. The highest BCUT2D eigenvalue weighted by atomic mass is 35.5. The third-order valence-corrected chi connectivity index (χ3v) is 7.49. The number of hydrogen-bond donors (Lipinski definition) is 1. The van der Waals surface area contributed by atoms with Crippen molar-refractivity contribution in [1.82, 2.24) is 14.5 Å². The number of hydrogen-bond acceptors (Lipinski definition) is 4. The second kappa shape index (κ2) is 9.57. The zero-order valence-corrected chi connectivity index (χ0v) is 18.6. The maximum Gasteiger partial charge on any atom is 0.253 e. The molecule has 2 saturated heterocycles. The van der Waals surface area contributed by atoms with Gasteiger partial charge in [0.2, 0.25) is 10.0 Å². The van der Waals surface area contributed by atoms with Gasteiger partial charge in [0, 0.05) is 31.7 Å². The van der Waals surface area contributed by atoms with E-state index in [1.54, 1.807) is 28.6 Å². The Labute approximate surface area is 175 Å². The molecular weight excluding hydrogens is 398 g/mol. The standard InChI is InChI=1S/C20H31N3O3S.ClH/c1-15-10-16(2)13-23(12-15)27(25,26)19-6-4-18(5-7-19)20(24)22-9-8-17(14-22)11-21-3;/h4-7,15-17,21H,8-14H2,1-3H3;1H. The molecule has 3 unspecified atom stereocenters. The van der Waals surface area contributed by atoms with Crippen LogP contribution < -0.4 is 5.32 Å². The van der Waals surface area contributed by atoms with Crippen molar-refractivity contribution < 1.29 is 13.2 Å². The second-order valence-electron chi connectivity index (χ2n) is 8.26. The molecule has 3 rings (SSSR count). The van der Waals surface area contributed by atoms with Crippen LogP contribution in [0.3, 0.4) is 0 Å². The largest absolute Gasteiger partial charge is 0.338 e. The zero-order chi connectivity index (χ0) is 19.6. The number of nitrogens with zero attached hydrogens (tertiary/aromatic N) is 2. The summed E-state index contributed by atoms with van der Waals surface area (Å²) in [6.07, 6.45) is 2.06. The molecule has 2 aliphatic rings. The summed E-state index contributed by atoms with van der Waals surface area (Å²) in [6.45, 7) is 7.74. The lowest BCUT2D eigenvalue weighted by Gasteiger charge is -2.34. The molecule has 1 N–H and O–H groups in total. The van der Waals surface area contributed by atoms with E-state index in [1.807, 2.05) is 11.9 Å². The molecule has 0 spiro atoms. The topological polar surface area (TPSA) is 69.7 Å². The van der Waals surface area contributed by atoms with E-state index >= 15 is 0 Å². The number of piperidine rings is 1. The number of carbonyl (C=O) groups is 1. The number of benzene rings is 1. The highest BCUT2D eigenvalue weighted by molar-refractivity contribution is 7.89. The molecule has 0 saturated carbocycles. The van der Waals surface area contributed by atoms with Crippen LogP contribution in [0.15, 0.2) is 29.2 Å². The normalized spacial score (nSPS) is 26.1. The maximum atomic E-state index is 13.0. The molecule has 3 atom stereocenters. The second-order valence-corrected chi connectivity index (χ2v) is 10.2. The van der Waals surface area contributed by atoms with Gasteiger partial charge in [-0.05, 0) is 68.5 Å². The van der Waals surface area contributed by atoms with Crippen LogP contribution in [-0.2, 0) is 10.0 Å². The van der Waals surface area contributed by atoms with Crippen molar-refractivity contribution in [2.75, 3.05) is 39.8 Å². The molecule has 0 aromatic heterocycles. The summed E-state index contributed by atoms with van der Waals surface area (Å²) < 4.78 is 27.5. The summed E-state index contributed by atoms with van der Waals surface area (Å²) in [5.74, 6) is 1.20. The van der Waals surface area contributed by atoms with E-state index in [9.17, 15) is 13.2 Å². The Balaban J connectivity index is 0.00000280. The van der Waals surface area contributed by atoms with Gasteiger partial charge in [0.1, 0.15) is 0 Å². The van der Waals surface area contributed by atoms with Gasteiger partial charge in [0.15, 0.2) is 0 Å². The Kier molecular flexibility index (Phi) is 7.90.